The van der Waals surface area contributed by atoms with Crippen LogP contribution in [-0.4, -0.2) is 0 Å². The first kappa shape index (κ1) is 7.92. The average molecular weight is 200 g/mol. The number of fused-ring (bicyclic) bond motifs is 5. The Balaban J connectivity index is 1.56. The van der Waals surface area contributed by atoms with Gasteiger partial charge in [0.25, 0.3) is 0 Å². The molecule has 0 N–H and O–H groups in total. The van der Waals surface area contributed by atoms with Gasteiger partial charge in [-0.25, -0.2) is 0 Å². The van der Waals surface area contributed by atoms with Gasteiger partial charge < -0.3 is 0 Å². The molecule has 3 unspecified atom stereocenters. The maximum atomic E-state index is 2.49. The monoisotopic (exact) mass is 200 g/mol. The van der Waals surface area contributed by atoms with Crippen molar-refractivity contribution in [2.24, 2.45) is 47.3 Å². The second-order valence-electron chi connectivity index (χ2n) is 6.97. The molecule has 0 saturated heterocycles. The van der Waals surface area contributed by atoms with E-state index in [0.717, 1.165) is 11.8 Å². The molecule has 0 aromatic carbocycles. The van der Waals surface area contributed by atoms with E-state index in [4.69, 9.17) is 0 Å². The number of rotatable bonds is 0. The summed E-state index contributed by atoms with van der Waals surface area (Å²) in [6, 6.07) is 0. The molecule has 0 nitrogen and oxygen atoms in total. The quantitative estimate of drug-likeness (QED) is 0.525. The van der Waals surface area contributed by atoms with Crippen LogP contribution in [0.5, 0.6) is 0 Å². The van der Waals surface area contributed by atoms with Crippen LogP contribution >= 0.6 is 0 Å². The van der Waals surface area contributed by atoms with Crippen LogP contribution in [-0.2, 0) is 0 Å². The van der Waals surface area contributed by atoms with E-state index in [1.165, 1.54) is 48.3 Å². The first-order valence-electron chi connectivity index (χ1n) is 7.08. The van der Waals surface area contributed by atoms with Crippen molar-refractivity contribution in [3.8, 4) is 0 Å². The minimum absolute atomic E-state index is 1.12. The van der Waals surface area contributed by atoms with Crippen molar-refractivity contribution in [2.75, 3.05) is 0 Å². The highest BCUT2D eigenvalue weighted by atomic mass is 14.7. The van der Waals surface area contributed by atoms with Crippen molar-refractivity contribution in [3.63, 3.8) is 0 Å². The summed E-state index contributed by atoms with van der Waals surface area (Å²) >= 11 is 0. The number of hydrogen-bond donors (Lipinski definition) is 0. The molecule has 0 heterocycles. The van der Waals surface area contributed by atoms with Crippen LogP contribution in [0.4, 0.5) is 0 Å². The fourth-order valence-electron chi connectivity index (χ4n) is 6.18. The van der Waals surface area contributed by atoms with Crippen LogP contribution in [0.1, 0.15) is 32.1 Å². The molecule has 0 aliphatic heterocycles. The minimum atomic E-state index is 1.12. The zero-order valence-electron chi connectivity index (χ0n) is 9.31. The van der Waals surface area contributed by atoms with E-state index in [9.17, 15) is 0 Å². The van der Waals surface area contributed by atoms with Gasteiger partial charge in [-0.1, -0.05) is 12.2 Å². The highest BCUT2D eigenvalue weighted by molar-refractivity contribution is 5.17. The third-order valence-electron chi connectivity index (χ3n) is 6.76. The summed E-state index contributed by atoms with van der Waals surface area (Å²) < 4.78 is 0. The Morgan fingerprint density at radius 3 is 2.00 bits per heavy atom. The van der Waals surface area contributed by atoms with Gasteiger partial charge in [0.15, 0.2) is 0 Å². The van der Waals surface area contributed by atoms with Crippen LogP contribution in [0.15, 0.2) is 12.2 Å². The summed E-state index contributed by atoms with van der Waals surface area (Å²) in [4.78, 5) is 0. The lowest BCUT2D eigenvalue weighted by Gasteiger charge is -2.48. The van der Waals surface area contributed by atoms with Crippen LogP contribution in [0.25, 0.3) is 0 Å². The van der Waals surface area contributed by atoms with Crippen LogP contribution in [0.3, 0.4) is 0 Å². The Morgan fingerprint density at radius 2 is 1.20 bits per heavy atom. The zero-order valence-corrected chi connectivity index (χ0v) is 9.31. The fourth-order valence-corrected chi connectivity index (χ4v) is 6.18. The highest BCUT2D eigenvalue weighted by Gasteiger charge is 2.66. The SMILES string of the molecule is C1=CC[C@@H]2[C@@H](C1)[C@H]1CC3CC3C3C[C@@H]2[C@@H]31. The standard InChI is InChI=1S/C15H20/c1-2-4-10-9(3-1)12-6-8-5-11(8)14-7-13(10)15(12)14/h1-2,8-15H,3-7H2/t8?,9-,10-,11?,12-,13+,14?,15+/m1/s1. The molecule has 0 amide bonds. The molecule has 0 spiro atoms. The minimum Gasteiger partial charge on any atom is -0.0882 e. The predicted molar refractivity (Wildman–Crippen MR) is 60.1 cm³/mol. The summed E-state index contributed by atoms with van der Waals surface area (Å²) in [7, 11) is 0. The molecular weight excluding hydrogens is 180 g/mol. The Morgan fingerprint density at radius 1 is 0.600 bits per heavy atom. The highest BCUT2D eigenvalue weighted by Crippen LogP contribution is 2.73. The van der Waals surface area contributed by atoms with Gasteiger partial charge in [-0.2, -0.15) is 0 Å². The normalized spacial score (nSPS) is 67.7. The van der Waals surface area contributed by atoms with Gasteiger partial charge in [-0.05, 0) is 79.4 Å². The van der Waals surface area contributed by atoms with Crippen molar-refractivity contribution in [2.45, 2.75) is 32.1 Å². The van der Waals surface area contributed by atoms with Gasteiger partial charge in [-0.15, -0.1) is 0 Å². The largest absolute Gasteiger partial charge is 0.0882 e. The van der Waals surface area contributed by atoms with Gasteiger partial charge >= 0.3 is 0 Å². The Hall–Kier alpha value is -0.260. The molecule has 0 radical (unpaired) electrons. The Bertz CT molecular complexity index is 342. The Kier molecular flexibility index (Phi) is 1.25. The van der Waals surface area contributed by atoms with E-state index >= 15 is 0 Å². The topological polar surface area (TPSA) is 0 Å². The second kappa shape index (κ2) is 2.36. The molecule has 8 atom stereocenters. The summed E-state index contributed by atoms with van der Waals surface area (Å²) in [5.41, 5.74) is 0. The van der Waals surface area contributed by atoms with Crippen LogP contribution in [0.2, 0.25) is 0 Å². The molecule has 15 heavy (non-hydrogen) atoms. The lowest BCUT2D eigenvalue weighted by molar-refractivity contribution is 0.00366. The van der Waals surface area contributed by atoms with E-state index < -0.39 is 0 Å². The molecule has 4 saturated carbocycles. The third kappa shape index (κ3) is 0.797. The molecule has 5 rings (SSSR count). The average Bonchev–Trinajstić information content (AvgIpc) is 2.90. The molecule has 80 valence electrons. The molecule has 0 heteroatoms. The van der Waals surface area contributed by atoms with E-state index in [1.807, 2.05) is 0 Å². The summed E-state index contributed by atoms with van der Waals surface area (Å²) in [5.74, 6) is 9.43. The van der Waals surface area contributed by atoms with Gasteiger partial charge in [0.2, 0.25) is 0 Å². The van der Waals surface area contributed by atoms with Crippen molar-refractivity contribution in [1.82, 2.24) is 0 Å². The maximum absolute atomic E-state index is 2.49. The summed E-state index contributed by atoms with van der Waals surface area (Å²) in [5, 5.41) is 0. The first-order chi connectivity index (χ1) is 7.43. The maximum Gasteiger partial charge on any atom is -0.0314 e. The lowest BCUT2D eigenvalue weighted by atomic mass is 9.57. The molecule has 4 fully saturated rings. The fraction of sp³-hybridized carbons (Fsp3) is 0.867. The second-order valence-corrected chi connectivity index (χ2v) is 6.97. The summed E-state index contributed by atoms with van der Waals surface area (Å²) in [6.45, 7) is 0. The zero-order chi connectivity index (χ0) is 9.57. The lowest BCUT2D eigenvalue weighted by Crippen LogP contribution is -2.42. The van der Waals surface area contributed by atoms with Gasteiger partial charge in [-0.3, -0.25) is 0 Å². The molecule has 0 aromatic heterocycles. The van der Waals surface area contributed by atoms with E-state index in [2.05, 4.69) is 12.2 Å². The van der Waals surface area contributed by atoms with Gasteiger partial charge in [0, 0.05) is 0 Å². The van der Waals surface area contributed by atoms with Gasteiger partial charge in [0.05, 0.1) is 0 Å². The molecule has 5 aliphatic carbocycles. The van der Waals surface area contributed by atoms with Crippen molar-refractivity contribution in [3.05, 3.63) is 12.2 Å². The van der Waals surface area contributed by atoms with E-state index in [-0.39, 0.29) is 0 Å². The van der Waals surface area contributed by atoms with Crippen LogP contribution in [0, 0.1) is 47.3 Å². The Labute approximate surface area is 92.1 Å². The molecule has 0 bridgehead atoms. The van der Waals surface area contributed by atoms with Crippen molar-refractivity contribution >= 4 is 0 Å². The smallest absolute Gasteiger partial charge is 0.0314 e. The third-order valence-corrected chi connectivity index (χ3v) is 6.76. The van der Waals surface area contributed by atoms with Gasteiger partial charge in [0.1, 0.15) is 0 Å². The van der Waals surface area contributed by atoms with E-state index in [0.29, 0.717) is 0 Å². The van der Waals surface area contributed by atoms with Crippen molar-refractivity contribution < 1.29 is 0 Å². The predicted octanol–water partition coefficient (Wildman–Crippen LogP) is 3.49. The van der Waals surface area contributed by atoms with Crippen molar-refractivity contribution in [1.29, 1.82) is 0 Å². The summed E-state index contributed by atoms with van der Waals surface area (Å²) in [6.07, 6.45) is 12.7. The van der Waals surface area contributed by atoms with E-state index in [1.54, 1.807) is 19.3 Å². The number of allylic oxidation sites excluding steroid dienone is 2. The number of hydrogen-bond acceptors (Lipinski definition) is 0. The first-order valence-corrected chi connectivity index (χ1v) is 7.08. The molecule has 5 aliphatic rings. The van der Waals surface area contributed by atoms with Crippen LogP contribution < -0.4 is 0 Å². The molecule has 0 aromatic rings. The molecular formula is C15H20.